The lowest BCUT2D eigenvalue weighted by Gasteiger charge is -2.34. The molecule has 0 saturated carbocycles. The van der Waals surface area contributed by atoms with Gasteiger partial charge in [-0.05, 0) is 82.3 Å². The third-order valence-electron chi connectivity index (χ3n) is 4.99. The quantitative estimate of drug-likeness (QED) is 0.293. The first kappa shape index (κ1) is 23.0. The monoisotopic (exact) mass is 583 g/mol. The normalized spacial score (nSPS) is 21.2. The Balaban J connectivity index is 1.84. The van der Waals surface area contributed by atoms with Gasteiger partial charge in [0.05, 0.1) is 18.8 Å². The van der Waals surface area contributed by atoms with E-state index in [1.165, 1.54) is 6.07 Å². The summed E-state index contributed by atoms with van der Waals surface area (Å²) >= 11 is 5.46. The van der Waals surface area contributed by atoms with Crippen LogP contribution in [0.4, 0.5) is 13.2 Å². The lowest BCUT2D eigenvalue weighted by molar-refractivity contribution is -0.137. The summed E-state index contributed by atoms with van der Waals surface area (Å²) in [6, 6.07) is 13.2. The molecule has 0 amide bonds. The summed E-state index contributed by atoms with van der Waals surface area (Å²) in [6.45, 7) is 1.49. The van der Waals surface area contributed by atoms with Crippen molar-refractivity contribution in [3.05, 3.63) is 70.8 Å². The minimum atomic E-state index is -4.41. The Morgan fingerprint density at radius 3 is 2.52 bits per heavy atom. The summed E-state index contributed by atoms with van der Waals surface area (Å²) in [5.41, 5.74) is 1.23. The molecule has 2 aromatic carbocycles. The van der Waals surface area contributed by atoms with Crippen LogP contribution in [0.25, 0.3) is 0 Å². The molecule has 2 unspecified atom stereocenters. The van der Waals surface area contributed by atoms with Gasteiger partial charge in [0.25, 0.3) is 0 Å². The minimum absolute atomic E-state index is 0.211. The van der Waals surface area contributed by atoms with Gasteiger partial charge >= 0.3 is 6.18 Å². The van der Waals surface area contributed by atoms with E-state index in [2.05, 4.69) is 20.8 Å². The van der Waals surface area contributed by atoms with Crippen LogP contribution in [0.15, 0.2) is 48.5 Å². The van der Waals surface area contributed by atoms with E-state index in [0.29, 0.717) is 18.6 Å². The lowest BCUT2D eigenvalue weighted by atomic mass is 9.90. The summed E-state index contributed by atoms with van der Waals surface area (Å²) in [5, 5.41) is 0. The van der Waals surface area contributed by atoms with E-state index < -0.39 is 19.9 Å². The SMILES string of the molecule is CN(C)CCC1(COC(Br)(I)c2cccc(C(F)(F)F)c2)OCc2ccccc21. The van der Waals surface area contributed by atoms with Crippen molar-refractivity contribution in [1.29, 1.82) is 0 Å². The smallest absolute Gasteiger partial charge is 0.363 e. The molecule has 8 heteroatoms. The molecule has 0 fully saturated rings. The number of hydrogen-bond donors (Lipinski definition) is 0. The van der Waals surface area contributed by atoms with E-state index >= 15 is 0 Å². The fourth-order valence-electron chi connectivity index (χ4n) is 3.35. The highest BCUT2D eigenvalue weighted by molar-refractivity contribution is 14.1. The maximum atomic E-state index is 13.1. The fourth-order valence-corrected chi connectivity index (χ4v) is 4.21. The second kappa shape index (κ2) is 8.82. The van der Waals surface area contributed by atoms with Crippen molar-refractivity contribution in [3.63, 3.8) is 0 Å². The molecule has 2 atom stereocenters. The second-order valence-electron chi connectivity index (χ2n) is 7.38. The van der Waals surface area contributed by atoms with Gasteiger partial charge in [-0.2, -0.15) is 13.2 Å². The Labute approximate surface area is 190 Å². The number of alkyl halides is 5. The Hall–Kier alpha value is -0.680. The Kier molecular flexibility index (Phi) is 6.99. The molecule has 1 heterocycles. The van der Waals surface area contributed by atoms with Gasteiger partial charge < -0.3 is 14.4 Å². The van der Waals surface area contributed by atoms with E-state index in [-0.39, 0.29) is 6.61 Å². The number of fused-ring (bicyclic) bond motifs is 1. The molecule has 0 radical (unpaired) electrons. The van der Waals surface area contributed by atoms with Crippen LogP contribution in [-0.2, 0) is 30.4 Å². The van der Waals surface area contributed by atoms with Gasteiger partial charge in [0.1, 0.15) is 5.60 Å². The third-order valence-corrected chi connectivity index (χ3v) is 6.61. The molecule has 3 rings (SSSR count). The molecule has 0 aromatic heterocycles. The van der Waals surface area contributed by atoms with Gasteiger partial charge in [0.2, 0.25) is 0 Å². The molecule has 3 nitrogen and oxygen atoms in total. The second-order valence-corrected chi connectivity index (χ2v) is 11.5. The molecular weight excluding hydrogens is 562 g/mol. The van der Waals surface area contributed by atoms with Gasteiger partial charge in [-0.1, -0.05) is 36.4 Å². The van der Waals surface area contributed by atoms with Crippen LogP contribution in [0.1, 0.15) is 28.7 Å². The van der Waals surface area contributed by atoms with Gasteiger partial charge in [0, 0.05) is 12.1 Å². The summed E-state index contributed by atoms with van der Waals surface area (Å²) in [4.78, 5) is 2.07. The average Bonchev–Trinajstić information content (AvgIpc) is 3.04. The molecular formula is C21H22BrF3INO2. The van der Waals surface area contributed by atoms with Gasteiger partial charge in [-0.3, -0.25) is 0 Å². The summed E-state index contributed by atoms with van der Waals surface area (Å²) in [5.74, 6) is 0. The topological polar surface area (TPSA) is 21.7 Å². The van der Waals surface area contributed by atoms with Crippen molar-refractivity contribution in [3.8, 4) is 0 Å². The van der Waals surface area contributed by atoms with Crippen LogP contribution in [0.3, 0.4) is 0 Å². The highest BCUT2D eigenvalue weighted by Gasteiger charge is 2.43. The fraction of sp³-hybridized carbons (Fsp3) is 0.429. The van der Waals surface area contributed by atoms with E-state index in [4.69, 9.17) is 9.47 Å². The summed E-state index contributed by atoms with van der Waals surface area (Å²) in [6.07, 6.45) is -3.70. The van der Waals surface area contributed by atoms with Crippen molar-refractivity contribution >= 4 is 38.5 Å². The van der Waals surface area contributed by atoms with Crippen molar-refractivity contribution in [2.75, 3.05) is 27.2 Å². The van der Waals surface area contributed by atoms with Crippen LogP contribution < -0.4 is 0 Å². The van der Waals surface area contributed by atoms with Crippen LogP contribution in [0, 0.1) is 0 Å². The summed E-state index contributed by atoms with van der Waals surface area (Å²) < 4.78 is 50.6. The van der Waals surface area contributed by atoms with E-state index in [1.54, 1.807) is 6.07 Å². The standard InChI is InChI=1S/C21H22BrF3INO2/c1-27(2)11-10-19(18-9-4-3-6-15(18)13-28-19)14-29-20(22,26)16-7-5-8-17(12-16)21(23,24)25/h3-9,12H,10-11,13-14H2,1-2H3. The predicted molar refractivity (Wildman–Crippen MR) is 118 cm³/mol. The summed E-state index contributed by atoms with van der Waals surface area (Å²) in [7, 11) is 3.98. The first-order chi connectivity index (χ1) is 13.5. The number of hydrogen-bond acceptors (Lipinski definition) is 3. The van der Waals surface area contributed by atoms with E-state index in [0.717, 1.165) is 29.8 Å². The average molecular weight is 584 g/mol. The highest BCUT2D eigenvalue weighted by atomic mass is 127. The number of halogens is 5. The zero-order chi connectivity index (χ0) is 21.3. The van der Waals surface area contributed by atoms with Crippen molar-refractivity contribution in [1.82, 2.24) is 4.90 Å². The molecule has 0 aliphatic carbocycles. The molecule has 0 saturated heterocycles. The maximum Gasteiger partial charge on any atom is 0.416 e. The van der Waals surface area contributed by atoms with Gasteiger partial charge in [0.15, 0.2) is 2.52 Å². The largest absolute Gasteiger partial charge is 0.416 e. The van der Waals surface area contributed by atoms with E-state index in [9.17, 15) is 13.2 Å². The zero-order valence-electron chi connectivity index (χ0n) is 16.1. The van der Waals surface area contributed by atoms with E-state index in [1.807, 2.05) is 61.0 Å². The Morgan fingerprint density at radius 1 is 1.14 bits per heavy atom. The van der Waals surface area contributed by atoms with Crippen LogP contribution in [0.2, 0.25) is 0 Å². The number of nitrogens with zero attached hydrogens (tertiary/aromatic N) is 1. The number of ether oxygens (including phenoxy) is 2. The number of rotatable bonds is 7. The Morgan fingerprint density at radius 2 is 1.83 bits per heavy atom. The predicted octanol–water partition coefficient (Wildman–Crippen LogP) is 6.04. The molecule has 158 valence electrons. The number of benzene rings is 2. The van der Waals surface area contributed by atoms with Crippen LogP contribution in [-0.4, -0.2) is 32.1 Å². The van der Waals surface area contributed by atoms with Crippen molar-refractivity contribution < 1.29 is 22.6 Å². The highest BCUT2D eigenvalue weighted by Crippen LogP contribution is 2.46. The molecule has 0 N–H and O–H groups in total. The molecule has 1 aliphatic heterocycles. The molecule has 0 spiro atoms. The van der Waals surface area contributed by atoms with Gasteiger partial charge in [-0.25, -0.2) is 0 Å². The molecule has 0 bridgehead atoms. The van der Waals surface area contributed by atoms with Crippen molar-refractivity contribution in [2.24, 2.45) is 0 Å². The van der Waals surface area contributed by atoms with Crippen molar-refractivity contribution in [2.45, 2.75) is 27.3 Å². The van der Waals surface area contributed by atoms with Crippen LogP contribution >= 0.6 is 38.5 Å². The molecule has 29 heavy (non-hydrogen) atoms. The lowest BCUT2D eigenvalue weighted by Crippen LogP contribution is -2.37. The maximum absolute atomic E-state index is 13.1. The van der Waals surface area contributed by atoms with Gasteiger partial charge in [-0.15, -0.1) is 0 Å². The first-order valence-corrected chi connectivity index (χ1v) is 11.0. The third kappa shape index (κ3) is 5.33. The zero-order valence-corrected chi connectivity index (χ0v) is 19.8. The van der Waals surface area contributed by atoms with Crippen LogP contribution in [0.5, 0.6) is 0 Å². The molecule has 1 aliphatic rings. The molecule has 2 aromatic rings. The first-order valence-electron chi connectivity index (χ1n) is 9.10. The Bertz CT molecular complexity index is 860. The minimum Gasteiger partial charge on any atom is -0.363 e.